The Morgan fingerprint density at radius 1 is 1.42 bits per heavy atom. The van der Waals surface area contributed by atoms with Gasteiger partial charge in [-0.1, -0.05) is 13.0 Å². The number of nitrogens with one attached hydrogen (secondary N) is 1. The Morgan fingerprint density at radius 2 is 2.11 bits per heavy atom. The van der Waals surface area contributed by atoms with Gasteiger partial charge in [0.05, 0.1) is 4.90 Å². The maximum atomic E-state index is 11.7. The molecule has 8 heteroatoms. The molecule has 0 aliphatic heterocycles. The highest BCUT2D eigenvalue weighted by molar-refractivity contribution is 7.89. The fourth-order valence-corrected chi connectivity index (χ4v) is 2.52. The van der Waals surface area contributed by atoms with Gasteiger partial charge in [-0.15, -0.1) is 0 Å². The molecule has 0 aromatic heterocycles. The van der Waals surface area contributed by atoms with Crippen molar-refractivity contribution < 1.29 is 17.4 Å². The molecule has 1 unspecified atom stereocenters. The zero-order valence-corrected chi connectivity index (χ0v) is 12.1. The molecular weight excluding hydrogens is 288 g/mol. The van der Waals surface area contributed by atoms with Crippen LogP contribution in [0.4, 0.5) is 0 Å². The Kier molecular flexibility index (Phi) is 5.64. The van der Waals surface area contributed by atoms with Crippen LogP contribution in [0.5, 0.6) is 0 Å². The van der Waals surface area contributed by atoms with Crippen LogP contribution in [0, 0.1) is 0 Å². The maximum Gasteiger partial charge on any atom is 0.251 e. The maximum absolute atomic E-state index is 11.7. The SMILES string of the molecule is CCS(=O)CCNC(=O)c1cccc(S(N)(=O)=O)c1. The average Bonchev–Trinajstić information content (AvgIpc) is 2.37. The van der Waals surface area contributed by atoms with Crippen molar-refractivity contribution in [2.24, 2.45) is 5.14 Å². The van der Waals surface area contributed by atoms with Crippen LogP contribution < -0.4 is 10.5 Å². The van der Waals surface area contributed by atoms with E-state index in [4.69, 9.17) is 5.14 Å². The number of carbonyl (C=O) groups is 1. The van der Waals surface area contributed by atoms with E-state index in [1.54, 1.807) is 6.92 Å². The van der Waals surface area contributed by atoms with Gasteiger partial charge in [0.1, 0.15) is 0 Å². The number of rotatable bonds is 6. The van der Waals surface area contributed by atoms with Crippen LogP contribution in [0.2, 0.25) is 0 Å². The van der Waals surface area contributed by atoms with Crippen LogP contribution in [0.3, 0.4) is 0 Å². The molecule has 0 aliphatic carbocycles. The Hall–Kier alpha value is -1.25. The third-order valence-corrected chi connectivity index (χ3v) is 4.58. The van der Waals surface area contributed by atoms with Crippen LogP contribution in [0.15, 0.2) is 29.2 Å². The third kappa shape index (κ3) is 5.09. The molecule has 0 fully saturated rings. The average molecular weight is 304 g/mol. The topological polar surface area (TPSA) is 106 Å². The smallest absolute Gasteiger partial charge is 0.251 e. The van der Waals surface area contributed by atoms with Gasteiger partial charge in [0.15, 0.2) is 0 Å². The number of carbonyl (C=O) groups excluding carboxylic acids is 1. The number of sulfonamides is 1. The highest BCUT2D eigenvalue weighted by Crippen LogP contribution is 2.09. The molecule has 1 rings (SSSR count). The summed E-state index contributed by atoms with van der Waals surface area (Å²) in [5.41, 5.74) is 0.203. The molecule has 6 nitrogen and oxygen atoms in total. The van der Waals surface area contributed by atoms with Crippen molar-refractivity contribution in [3.63, 3.8) is 0 Å². The zero-order valence-electron chi connectivity index (χ0n) is 10.5. The lowest BCUT2D eigenvalue weighted by Crippen LogP contribution is -2.28. The second kappa shape index (κ2) is 6.78. The third-order valence-electron chi connectivity index (χ3n) is 2.36. The molecule has 0 saturated heterocycles. The van der Waals surface area contributed by atoms with Gasteiger partial charge in [-0.05, 0) is 18.2 Å². The predicted octanol–water partition coefficient (Wildman–Crippen LogP) is -0.168. The first-order valence-corrected chi connectivity index (χ1v) is 8.64. The van der Waals surface area contributed by atoms with Gasteiger partial charge < -0.3 is 5.32 Å². The number of hydrogen-bond acceptors (Lipinski definition) is 4. The van der Waals surface area contributed by atoms with Gasteiger partial charge in [-0.3, -0.25) is 9.00 Å². The van der Waals surface area contributed by atoms with E-state index in [0.717, 1.165) is 0 Å². The molecule has 1 atom stereocenters. The molecule has 0 aliphatic rings. The highest BCUT2D eigenvalue weighted by Gasteiger charge is 2.11. The molecule has 106 valence electrons. The quantitative estimate of drug-likeness (QED) is 0.761. The summed E-state index contributed by atoms with van der Waals surface area (Å²) in [5, 5.41) is 7.56. The van der Waals surface area contributed by atoms with Gasteiger partial charge >= 0.3 is 0 Å². The Labute approximate surface area is 114 Å². The Bertz CT molecular complexity index is 584. The van der Waals surface area contributed by atoms with E-state index in [1.807, 2.05) is 0 Å². The molecule has 0 spiro atoms. The van der Waals surface area contributed by atoms with Gasteiger partial charge in [0, 0.05) is 34.4 Å². The number of nitrogens with two attached hydrogens (primary N) is 1. The van der Waals surface area contributed by atoms with Crippen molar-refractivity contribution in [2.75, 3.05) is 18.1 Å². The highest BCUT2D eigenvalue weighted by atomic mass is 32.2. The summed E-state index contributed by atoms with van der Waals surface area (Å²) in [6.07, 6.45) is 0. The number of primary sulfonamides is 1. The molecule has 3 N–H and O–H groups in total. The van der Waals surface area contributed by atoms with E-state index in [2.05, 4.69) is 5.32 Å². The number of benzene rings is 1. The minimum absolute atomic E-state index is 0.114. The van der Waals surface area contributed by atoms with Gasteiger partial charge in [0.2, 0.25) is 10.0 Å². The molecule has 0 radical (unpaired) electrons. The summed E-state index contributed by atoms with van der Waals surface area (Å²) in [5.74, 6) is 0.493. The lowest BCUT2D eigenvalue weighted by Gasteiger charge is -2.06. The fourth-order valence-electron chi connectivity index (χ4n) is 1.34. The lowest BCUT2D eigenvalue weighted by molar-refractivity contribution is 0.0956. The van der Waals surface area contributed by atoms with E-state index in [1.165, 1.54) is 24.3 Å². The molecular formula is C11H16N2O4S2. The monoisotopic (exact) mass is 304 g/mol. The van der Waals surface area contributed by atoms with Gasteiger partial charge in [-0.25, -0.2) is 13.6 Å². The van der Waals surface area contributed by atoms with Crippen LogP contribution in [-0.4, -0.2) is 36.6 Å². The Balaban J connectivity index is 2.70. The van der Waals surface area contributed by atoms with E-state index in [0.29, 0.717) is 11.5 Å². The molecule has 0 saturated carbocycles. The first-order chi connectivity index (χ1) is 8.84. The molecule has 19 heavy (non-hydrogen) atoms. The van der Waals surface area contributed by atoms with Crippen LogP contribution in [-0.2, 0) is 20.8 Å². The van der Waals surface area contributed by atoms with Crippen molar-refractivity contribution in [1.82, 2.24) is 5.32 Å². The van der Waals surface area contributed by atoms with Crippen LogP contribution in [0.25, 0.3) is 0 Å². The van der Waals surface area contributed by atoms with Gasteiger partial charge in [0.25, 0.3) is 5.91 Å². The van der Waals surface area contributed by atoms with Crippen molar-refractivity contribution in [3.05, 3.63) is 29.8 Å². The second-order valence-corrected chi connectivity index (χ2v) is 7.19. The number of hydrogen-bond donors (Lipinski definition) is 2. The predicted molar refractivity (Wildman–Crippen MR) is 73.7 cm³/mol. The minimum Gasteiger partial charge on any atom is -0.351 e. The summed E-state index contributed by atoms with van der Waals surface area (Å²) >= 11 is 0. The first kappa shape index (κ1) is 15.8. The Morgan fingerprint density at radius 3 is 2.68 bits per heavy atom. The lowest BCUT2D eigenvalue weighted by atomic mass is 10.2. The summed E-state index contributed by atoms with van der Waals surface area (Å²) in [4.78, 5) is 11.6. The standard InChI is InChI=1S/C11H16N2O4S2/c1-2-18(15)7-6-13-11(14)9-4-3-5-10(8-9)19(12,16)17/h3-5,8H,2,6-7H2,1H3,(H,13,14)(H2,12,16,17). The van der Waals surface area contributed by atoms with E-state index < -0.39 is 26.7 Å². The second-order valence-electron chi connectivity index (χ2n) is 3.76. The van der Waals surface area contributed by atoms with Crippen LogP contribution in [0.1, 0.15) is 17.3 Å². The molecule has 0 bridgehead atoms. The summed E-state index contributed by atoms with van der Waals surface area (Å²) in [7, 11) is -4.77. The first-order valence-electron chi connectivity index (χ1n) is 5.60. The van der Waals surface area contributed by atoms with E-state index in [9.17, 15) is 17.4 Å². The van der Waals surface area contributed by atoms with Crippen LogP contribution >= 0.6 is 0 Å². The van der Waals surface area contributed by atoms with Crippen molar-refractivity contribution in [2.45, 2.75) is 11.8 Å². The van der Waals surface area contributed by atoms with Crippen molar-refractivity contribution in [1.29, 1.82) is 0 Å². The van der Waals surface area contributed by atoms with Gasteiger partial charge in [-0.2, -0.15) is 0 Å². The van der Waals surface area contributed by atoms with Crippen molar-refractivity contribution >= 4 is 26.7 Å². The summed E-state index contributed by atoms with van der Waals surface area (Å²) in [6, 6.07) is 5.46. The largest absolute Gasteiger partial charge is 0.351 e. The summed E-state index contributed by atoms with van der Waals surface area (Å²) < 4.78 is 33.5. The molecule has 1 aromatic rings. The molecule has 1 amide bonds. The van der Waals surface area contributed by atoms with E-state index >= 15 is 0 Å². The van der Waals surface area contributed by atoms with E-state index in [-0.39, 0.29) is 17.0 Å². The minimum atomic E-state index is -3.83. The zero-order chi connectivity index (χ0) is 14.5. The van der Waals surface area contributed by atoms with Crippen molar-refractivity contribution in [3.8, 4) is 0 Å². The summed E-state index contributed by atoms with van der Waals surface area (Å²) in [6.45, 7) is 2.08. The fraction of sp³-hybridized carbons (Fsp3) is 0.364. The normalized spacial score (nSPS) is 12.9. The molecule has 0 heterocycles. The molecule has 1 aromatic carbocycles. The number of amides is 1.